The van der Waals surface area contributed by atoms with Crippen molar-refractivity contribution in [3.63, 3.8) is 0 Å². The van der Waals surface area contributed by atoms with Crippen LogP contribution in [0.15, 0.2) is 22.8 Å². The standard InChI is InChI=1S/C11H14O2/c12-11(9-5-2-6-13-9)10-7-3-1-4-8(7)10/h2,5-8,10-12H,1,3-4H2. The molecule has 0 aliphatic heterocycles. The molecule has 0 amide bonds. The van der Waals surface area contributed by atoms with Crippen LogP contribution < -0.4 is 0 Å². The van der Waals surface area contributed by atoms with Gasteiger partial charge in [-0.25, -0.2) is 0 Å². The van der Waals surface area contributed by atoms with E-state index in [1.807, 2.05) is 12.1 Å². The second kappa shape index (κ2) is 2.61. The largest absolute Gasteiger partial charge is 0.467 e. The molecule has 3 atom stereocenters. The first kappa shape index (κ1) is 7.63. The van der Waals surface area contributed by atoms with E-state index in [-0.39, 0.29) is 6.10 Å². The summed E-state index contributed by atoms with van der Waals surface area (Å²) in [5.74, 6) is 2.83. The maximum absolute atomic E-state index is 9.96. The third-order valence-corrected chi connectivity index (χ3v) is 3.67. The number of furan rings is 1. The van der Waals surface area contributed by atoms with E-state index in [0.29, 0.717) is 5.92 Å². The molecule has 1 heterocycles. The van der Waals surface area contributed by atoms with Gasteiger partial charge in [0.2, 0.25) is 0 Å². The summed E-state index contributed by atoms with van der Waals surface area (Å²) >= 11 is 0. The van der Waals surface area contributed by atoms with Gasteiger partial charge in [-0.3, -0.25) is 0 Å². The van der Waals surface area contributed by atoms with E-state index in [1.165, 1.54) is 19.3 Å². The fourth-order valence-corrected chi connectivity index (χ4v) is 2.99. The van der Waals surface area contributed by atoms with Crippen LogP contribution in [0.4, 0.5) is 0 Å². The van der Waals surface area contributed by atoms with Gasteiger partial charge in [-0.1, -0.05) is 6.42 Å². The predicted octanol–water partition coefficient (Wildman–Crippen LogP) is 2.36. The van der Waals surface area contributed by atoms with E-state index in [1.54, 1.807) is 6.26 Å². The molecule has 2 fully saturated rings. The predicted molar refractivity (Wildman–Crippen MR) is 48.0 cm³/mol. The molecule has 0 spiro atoms. The average molecular weight is 178 g/mol. The lowest BCUT2D eigenvalue weighted by Gasteiger charge is -2.08. The van der Waals surface area contributed by atoms with Gasteiger partial charge in [0.25, 0.3) is 0 Å². The maximum Gasteiger partial charge on any atom is 0.132 e. The Bertz CT molecular complexity index is 281. The minimum atomic E-state index is -0.342. The Morgan fingerprint density at radius 1 is 1.38 bits per heavy atom. The van der Waals surface area contributed by atoms with Crippen molar-refractivity contribution in [1.82, 2.24) is 0 Å². The minimum absolute atomic E-state index is 0.342. The molecular weight excluding hydrogens is 164 g/mol. The molecule has 0 bridgehead atoms. The van der Waals surface area contributed by atoms with Crippen LogP contribution >= 0.6 is 0 Å². The third kappa shape index (κ3) is 1.05. The first-order valence-corrected chi connectivity index (χ1v) is 5.09. The van der Waals surface area contributed by atoms with Crippen LogP contribution in [0.1, 0.15) is 31.1 Å². The smallest absolute Gasteiger partial charge is 0.132 e. The lowest BCUT2D eigenvalue weighted by Crippen LogP contribution is -2.02. The highest BCUT2D eigenvalue weighted by Gasteiger charge is 2.56. The molecule has 70 valence electrons. The zero-order valence-electron chi connectivity index (χ0n) is 7.52. The van der Waals surface area contributed by atoms with Gasteiger partial charge in [-0.15, -0.1) is 0 Å². The molecule has 2 saturated carbocycles. The maximum atomic E-state index is 9.96. The summed E-state index contributed by atoms with van der Waals surface area (Å²) in [6, 6.07) is 3.72. The topological polar surface area (TPSA) is 33.4 Å². The van der Waals surface area contributed by atoms with E-state index < -0.39 is 0 Å². The Balaban J connectivity index is 1.74. The molecule has 2 aliphatic carbocycles. The van der Waals surface area contributed by atoms with E-state index in [0.717, 1.165) is 17.6 Å². The third-order valence-electron chi connectivity index (χ3n) is 3.67. The Hall–Kier alpha value is -0.760. The summed E-state index contributed by atoms with van der Waals surface area (Å²) in [6.45, 7) is 0. The van der Waals surface area contributed by atoms with Crippen molar-refractivity contribution < 1.29 is 9.52 Å². The summed E-state index contributed by atoms with van der Waals surface area (Å²) in [5, 5.41) is 9.96. The SMILES string of the molecule is OC(c1ccco1)C1C2CCCC21. The highest BCUT2D eigenvalue weighted by Crippen LogP contribution is 2.62. The van der Waals surface area contributed by atoms with Crippen LogP contribution in [-0.4, -0.2) is 5.11 Å². The number of fused-ring (bicyclic) bond motifs is 1. The zero-order chi connectivity index (χ0) is 8.84. The molecular formula is C11H14O2. The van der Waals surface area contributed by atoms with Gasteiger partial charge in [-0.2, -0.15) is 0 Å². The minimum Gasteiger partial charge on any atom is -0.467 e. The molecule has 0 saturated heterocycles. The lowest BCUT2D eigenvalue weighted by atomic mass is 10.0. The van der Waals surface area contributed by atoms with Crippen LogP contribution in [0.2, 0.25) is 0 Å². The van der Waals surface area contributed by atoms with Gasteiger partial charge in [0.1, 0.15) is 11.9 Å². The molecule has 2 nitrogen and oxygen atoms in total. The molecule has 0 aromatic carbocycles. The van der Waals surface area contributed by atoms with Crippen molar-refractivity contribution in [1.29, 1.82) is 0 Å². The summed E-state index contributed by atoms with van der Waals surface area (Å²) in [6.07, 6.45) is 5.28. The second-order valence-electron chi connectivity index (χ2n) is 4.30. The van der Waals surface area contributed by atoms with Crippen molar-refractivity contribution >= 4 is 0 Å². The van der Waals surface area contributed by atoms with Crippen LogP contribution in [0.5, 0.6) is 0 Å². The number of rotatable bonds is 2. The van der Waals surface area contributed by atoms with Crippen molar-refractivity contribution in [2.24, 2.45) is 17.8 Å². The fourth-order valence-electron chi connectivity index (χ4n) is 2.99. The fraction of sp³-hybridized carbons (Fsp3) is 0.636. The monoisotopic (exact) mass is 178 g/mol. The first-order chi connectivity index (χ1) is 6.38. The van der Waals surface area contributed by atoms with E-state index in [9.17, 15) is 5.11 Å². The molecule has 3 rings (SSSR count). The van der Waals surface area contributed by atoms with Crippen LogP contribution in [-0.2, 0) is 0 Å². The highest BCUT2D eigenvalue weighted by atomic mass is 16.4. The van der Waals surface area contributed by atoms with Crippen LogP contribution in [0.25, 0.3) is 0 Å². The molecule has 1 N–H and O–H groups in total. The number of aliphatic hydroxyl groups excluding tert-OH is 1. The molecule has 2 aliphatic rings. The summed E-state index contributed by atoms with van der Waals surface area (Å²) in [4.78, 5) is 0. The summed E-state index contributed by atoms with van der Waals surface area (Å²) in [7, 11) is 0. The Kier molecular flexibility index (Phi) is 1.53. The van der Waals surface area contributed by atoms with Crippen molar-refractivity contribution in [3.8, 4) is 0 Å². The normalized spacial score (nSPS) is 38.7. The van der Waals surface area contributed by atoms with E-state index in [2.05, 4.69) is 0 Å². The van der Waals surface area contributed by atoms with Gasteiger partial charge in [0.15, 0.2) is 0 Å². The highest BCUT2D eigenvalue weighted by molar-refractivity contribution is 5.12. The molecule has 2 heteroatoms. The van der Waals surface area contributed by atoms with E-state index in [4.69, 9.17) is 4.42 Å². The summed E-state index contributed by atoms with van der Waals surface area (Å²) < 4.78 is 5.21. The van der Waals surface area contributed by atoms with Gasteiger partial charge in [-0.05, 0) is 42.7 Å². The Labute approximate surface area is 77.6 Å². The first-order valence-electron chi connectivity index (χ1n) is 5.09. The van der Waals surface area contributed by atoms with Gasteiger partial charge >= 0.3 is 0 Å². The van der Waals surface area contributed by atoms with Crippen LogP contribution in [0.3, 0.4) is 0 Å². The summed E-state index contributed by atoms with van der Waals surface area (Å²) in [5.41, 5.74) is 0. The second-order valence-corrected chi connectivity index (χ2v) is 4.30. The quantitative estimate of drug-likeness (QED) is 0.754. The lowest BCUT2D eigenvalue weighted by molar-refractivity contribution is 0.112. The molecule has 1 aromatic heterocycles. The molecule has 13 heavy (non-hydrogen) atoms. The van der Waals surface area contributed by atoms with Gasteiger partial charge in [0.05, 0.1) is 6.26 Å². The Morgan fingerprint density at radius 3 is 2.77 bits per heavy atom. The van der Waals surface area contributed by atoms with Gasteiger partial charge < -0.3 is 9.52 Å². The van der Waals surface area contributed by atoms with Crippen molar-refractivity contribution in [2.75, 3.05) is 0 Å². The van der Waals surface area contributed by atoms with Gasteiger partial charge in [0, 0.05) is 0 Å². The van der Waals surface area contributed by atoms with Crippen LogP contribution in [0, 0.1) is 17.8 Å². The Morgan fingerprint density at radius 2 is 2.15 bits per heavy atom. The molecule has 1 aromatic rings. The van der Waals surface area contributed by atoms with Crippen molar-refractivity contribution in [3.05, 3.63) is 24.2 Å². The average Bonchev–Trinajstić information content (AvgIpc) is 2.68. The molecule has 3 unspecified atom stereocenters. The number of hydrogen-bond acceptors (Lipinski definition) is 2. The molecule has 0 radical (unpaired) electrons. The number of hydrogen-bond donors (Lipinski definition) is 1. The van der Waals surface area contributed by atoms with Crippen molar-refractivity contribution in [2.45, 2.75) is 25.4 Å². The zero-order valence-corrected chi connectivity index (χ0v) is 7.52. The number of aliphatic hydroxyl groups is 1. The van der Waals surface area contributed by atoms with E-state index >= 15 is 0 Å².